The first-order valence-corrected chi connectivity index (χ1v) is 7.06. The zero-order valence-electron chi connectivity index (χ0n) is 11.8. The predicted octanol–water partition coefficient (Wildman–Crippen LogP) is 3.88. The SMILES string of the molecule is CC(=O)c1ccc(-c2ccc(C(=O)OC3CC3)cc2)cc1. The molecule has 3 nitrogen and oxygen atoms in total. The van der Waals surface area contributed by atoms with Crippen molar-refractivity contribution in [3.8, 4) is 11.1 Å². The number of ether oxygens (including phenoxy) is 1. The molecule has 1 fully saturated rings. The molecule has 21 heavy (non-hydrogen) atoms. The van der Waals surface area contributed by atoms with Crippen LogP contribution in [0, 0.1) is 0 Å². The van der Waals surface area contributed by atoms with E-state index < -0.39 is 0 Å². The average Bonchev–Trinajstić information content (AvgIpc) is 3.31. The molecule has 1 saturated carbocycles. The first-order valence-electron chi connectivity index (χ1n) is 7.06. The Balaban J connectivity index is 1.76. The van der Waals surface area contributed by atoms with Crippen LogP contribution in [-0.2, 0) is 4.74 Å². The van der Waals surface area contributed by atoms with Gasteiger partial charge < -0.3 is 4.74 Å². The zero-order chi connectivity index (χ0) is 14.8. The number of benzene rings is 2. The monoisotopic (exact) mass is 280 g/mol. The fourth-order valence-corrected chi connectivity index (χ4v) is 2.10. The highest BCUT2D eigenvalue weighted by Crippen LogP contribution is 2.25. The Morgan fingerprint density at radius 1 is 0.857 bits per heavy atom. The molecule has 3 rings (SSSR count). The molecule has 3 heteroatoms. The van der Waals surface area contributed by atoms with Gasteiger partial charge in [0.2, 0.25) is 0 Å². The van der Waals surface area contributed by atoms with Gasteiger partial charge in [-0.05, 0) is 43.0 Å². The summed E-state index contributed by atoms with van der Waals surface area (Å²) in [6.45, 7) is 1.55. The number of Topliss-reactive ketones (excluding diaryl/α,β-unsaturated/α-hetero) is 1. The molecule has 0 bridgehead atoms. The topological polar surface area (TPSA) is 43.4 Å². The lowest BCUT2D eigenvalue weighted by Gasteiger charge is -2.05. The van der Waals surface area contributed by atoms with E-state index in [1.54, 1.807) is 19.1 Å². The molecule has 0 aliphatic heterocycles. The number of ketones is 1. The summed E-state index contributed by atoms with van der Waals surface area (Å²) in [4.78, 5) is 23.1. The van der Waals surface area contributed by atoms with Crippen LogP contribution in [-0.4, -0.2) is 17.9 Å². The van der Waals surface area contributed by atoms with Crippen LogP contribution in [0.4, 0.5) is 0 Å². The largest absolute Gasteiger partial charge is 0.459 e. The van der Waals surface area contributed by atoms with Crippen LogP contribution in [0.1, 0.15) is 40.5 Å². The standard InChI is InChI=1S/C18H16O3/c1-12(19)13-2-4-14(5-3-13)15-6-8-16(9-7-15)18(20)21-17-10-11-17/h2-9,17H,10-11H2,1H3. The fourth-order valence-electron chi connectivity index (χ4n) is 2.10. The minimum atomic E-state index is -0.254. The number of hydrogen-bond acceptors (Lipinski definition) is 3. The number of carbonyl (C=O) groups excluding carboxylic acids is 2. The second-order valence-electron chi connectivity index (χ2n) is 5.32. The summed E-state index contributed by atoms with van der Waals surface area (Å²) in [5, 5.41) is 0. The van der Waals surface area contributed by atoms with Crippen molar-refractivity contribution in [3.63, 3.8) is 0 Å². The highest BCUT2D eigenvalue weighted by molar-refractivity contribution is 5.94. The maximum absolute atomic E-state index is 11.8. The van der Waals surface area contributed by atoms with Gasteiger partial charge in [-0.25, -0.2) is 4.79 Å². The molecule has 0 saturated heterocycles. The van der Waals surface area contributed by atoms with Crippen molar-refractivity contribution in [3.05, 3.63) is 59.7 Å². The molecule has 0 heterocycles. The number of rotatable bonds is 4. The van der Waals surface area contributed by atoms with Crippen molar-refractivity contribution in [2.45, 2.75) is 25.9 Å². The second kappa shape index (κ2) is 5.52. The third kappa shape index (κ3) is 3.19. The Morgan fingerprint density at radius 3 is 1.76 bits per heavy atom. The first kappa shape index (κ1) is 13.6. The van der Waals surface area contributed by atoms with Crippen molar-refractivity contribution >= 4 is 11.8 Å². The van der Waals surface area contributed by atoms with Crippen LogP contribution < -0.4 is 0 Å². The maximum Gasteiger partial charge on any atom is 0.338 e. The summed E-state index contributed by atoms with van der Waals surface area (Å²) in [5.41, 5.74) is 3.30. The van der Waals surface area contributed by atoms with E-state index >= 15 is 0 Å². The minimum Gasteiger partial charge on any atom is -0.459 e. The number of carbonyl (C=O) groups is 2. The lowest BCUT2D eigenvalue weighted by Crippen LogP contribution is -2.06. The van der Waals surface area contributed by atoms with E-state index in [0.29, 0.717) is 11.1 Å². The molecular weight excluding hydrogens is 264 g/mol. The van der Waals surface area contributed by atoms with Gasteiger partial charge in [-0.3, -0.25) is 4.79 Å². The number of hydrogen-bond donors (Lipinski definition) is 0. The Bertz CT molecular complexity index is 665. The van der Waals surface area contributed by atoms with Gasteiger partial charge in [0, 0.05) is 5.56 Å². The van der Waals surface area contributed by atoms with E-state index in [1.165, 1.54) is 0 Å². The molecule has 0 atom stereocenters. The molecule has 2 aromatic carbocycles. The average molecular weight is 280 g/mol. The van der Waals surface area contributed by atoms with Crippen molar-refractivity contribution < 1.29 is 14.3 Å². The van der Waals surface area contributed by atoms with Gasteiger partial charge in [-0.2, -0.15) is 0 Å². The summed E-state index contributed by atoms with van der Waals surface area (Å²) in [7, 11) is 0. The summed E-state index contributed by atoms with van der Waals surface area (Å²) in [5.74, 6) is -0.198. The Labute approximate surface area is 123 Å². The smallest absolute Gasteiger partial charge is 0.338 e. The third-order valence-electron chi connectivity index (χ3n) is 3.54. The van der Waals surface area contributed by atoms with E-state index in [9.17, 15) is 9.59 Å². The van der Waals surface area contributed by atoms with Gasteiger partial charge in [-0.1, -0.05) is 36.4 Å². The molecule has 0 spiro atoms. The van der Waals surface area contributed by atoms with Crippen molar-refractivity contribution in [2.75, 3.05) is 0 Å². The molecule has 1 aliphatic rings. The van der Waals surface area contributed by atoms with Crippen LogP contribution >= 0.6 is 0 Å². The fraction of sp³-hybridized carbons (Fsp3) is 0.222. The van der Waals surface area contributed by atoms with E-state index in [2.05, 4.69) is 0 Å². The molecular formula is C18H16O3. The predicted molar refractivity (Wildman–Crippen MR) is 80.3 cm³/mol. The quantitative estimate of drug-likeness (QED) is 0.630. The Hall–Kier alpha value is -2.42. The molecule has 106 valence electrons. The van der Waals surface area contributed by atoms with Crippen molar-refractivity contribution in [1.82, 2.24) is 0 Å². The maximum atomic E-state index is 11.8. The van der Waals surface area contributed by atoms with Gasteiger partial charge in [-0.15, -0.1) is 0 Å². The zero-order valence-corrected chi connectivity index (χ0v) is 11.8. The van der Waals surface area contributed by atoms with Gasteiger partial charge in [0.1, 0.15) is 6.10 Å². The van der Waals surface area contributed by atoms with Gasteiger partial charge in [0.05, 0.1) is 5.56 Å². The third-order valence-corrected chi connectivity index (χ3v) is 3.54. The summed E-state index contributed by atoms with van der Waals surface area (Å²) in [6.07, 6.45) is 2.08. The minimum absolute atomic E-state index is 0.0553. The molecule has 0 radical (unpaired) electrons. The van der Waals surface area contributed by atoms with Crippen LogP contribution in [0.25, 0.3) is 11.1 Å². The normalized spacial score (nSPS) is 13.8. The second-order valence-corrected chi connectivity index (χ2v) is 5.32. The Morgan fingerprint density at radius 2 is 1.33 bits per heavy atom. The van der Waals surface area contributed by atoms with Crippen LogP contribution in [0.15, 0.2) is 48.5 Å². The van der Waals surface area contributed by atoms with Gasteiger partial charge in [0.25, 0.3) is 0 Å². The van der Waals surface area contributed by atoms with Gasteiger partial charge in [0.15, 0.2) is 5.78 Å². The summed E-state index contributed by atoms with van der Waals surface area (Å²) >= 11 is 0. The van der Waals surface area contributed by atoms with Crippen LogP contribution in [0.5, 0.6) is 0 Å². The van der Waals surface area contributed by atoms with E-state index in [0.717, 1.165) is 24.0 Å². The highest BCUT2D eigenvalue weighted by Gasteiger charge is 2.26. The van der Waals surface area contributed by atoms with Gasteiger partial charge >= 0.3 is 5.97 Å². The van der Waals surface area contributed by atoms with Crippen molar-refractivity contribution in [2.24, 2.45) is 0 Å². The number of esters is 1. The molecule has 2 aromatic rings. The molecule has 0 N–H and O–H groups in total. The Kier molecular flexibility index (Phi) is 3.57. The molecule has 1 aliphatic carbocycles. The molecule has 0 aromatic heterocycles. The first-order chi connectivity index (χ1) is 10.1. The van der Waals surface area contributed by atoms with E-state index in [4.69, 9.17) is 4.74 Å². The van der Waals surface area contributed by atoms with E-state index in [-0.39, 0.29) is 17.9 Å². The molecule has 0 amide bonds. The summed E-state index contributed by atoms with van der Waals surface area (Å²) in [6, 6.07) is 14.8. The molecule has 0 unspecified atom stereocenters. The summed E-state index contributed by atoms with van der Waals surface area (Å²) < 4.78 is 5.26. The lowest BCUT2D eigenvalue weighted by atomic mass is 10.0. The van der Waals surface area contributed by atoms with Crippen LogP contribution in [0.2, 0.25) is 0 Å². The van der Waals surface area contributed by atoms with Crippen molar-refractivity contribution in [1.29, 1.82) is 0 Å². The lowest BCUT2D eigenvalue weighted by molar-refractivity contribution is 0.0472. The van der Waals surface area contributed by atoms with Crippen LogP contribution in [0.3, 0.4) is 0 Å². The van der Waals surface area contributed by atoms with E-state index in [1.807, 2.05) is 36.4 Å². The highest BCUT2D eigenvalue weighted by atomic mass is 16.5.